The van der Waals surface area contributed by atoms with Gasteiger partial charge in [-0.05, 0) is 30.4 Å². The van der Waals surface area contributed by atoms with Gasteiger partial charge in [0.15, 0.2) is 5.65 Å². The van der Waals surface area contributed by atoms with Crippen LogP contribution >= 0.6 is 0 Å². The first-order valence-electron chi connectivity index (χ1n) is 4.76. The van der Waals surface area contributed by atoms with Gasteiger partial charge in [0.05, 0.1) is 5.56 Å². The lowest BCUT2D eigenvalue weighted by Gasteiger charge is -2.02. The predicted molar refractivity (Wildman–Crippen MR) is 51.9 cm³/mol. The number of hydrogen-bond donors (Lipinski definition) is 0. The van der Waals surface area contributed by atoms with Crippen molar-refractivity contribution < 1.29 is 0 Å². The smallest absolute Gasteiger partial charge is 0.154 e. The van der Waals surface area contributed by atoms with Gasteiger partial charge in [0.1, 0.15) is 6.07 Å². The minimum absolute atomic E-state index is 0.603. The van der Waals surface area contributed by atoms with E-state index in [0.29, 0.717) is 5.92 Å². The maximum absolute atomic E-state index is 9.11. The van der Waals surface area contributed by atoms with Gasteiger partial charge in [-0.3, -0.25) is 0 Å². The van der Waals surface area contributed by atoms with Crippen molar-refractivity contribution in [1.29, 1.82) is 5.26 Å². The number of imidazole rings is 1. The Kier molecular flexibility index (Phi) is 1.40. The Balaban J connectivity index is 2.35. The Morgan fingerprint density at radius 1 is 1.43 bits per heavy atom. The van der Waals surface area contributed by atoms with E-state index < -0.39 is 0 Å². The van der Waals surface area contributed by atoms with Crippen molar-refractivity contribution >= 4 is 5.65 Å². The number of nitrogens with zero attached hydrogens (tertiary/aromatic N) is 3. The minimum Gasteiger partial charge on any atom is -0.306 e. The van der Waals surface area contributed by atoms with Gasteiger partial charge in [-0.2, -0.15) is 5.26 Å². The molecule has 0 aliphatic heterocycles. The van der Waals surface area contributed by atoms with E-state index >= 15 is 0 Å². The van der Waals surface area contributed by atoms with Crippen LogP contribution in [0.25, 0.3) is 5.65 Å². The standard InChI is InChI=1S/C11H9N3/c12-7-10-9(8-1-2-8)3-5-14-6-4-13-11(10)14/h3-6,8H,1-2H2. The molecule has 1 fully saturated rings. The molecule has 0 spiro atoms. The van der Waals surface area contributed by atoms with Crippen molar-refractivity contribution in [2.24, 2.45) is 0 Å². The first-order chi connectivity index (χ1) is 6.90. The van der Waals surface area contributed by atoms with E-state index in [1.807, 2.05) is 22.9 Å². The molecule has 1 aliphatic carbocycles. The zero-order valence-electron chi connectivity index (χ0n) is 7.64. The molecule has 0 unspecified atom stereocenters. The summed E-state index contributed by atoms with van der Waals surface area (Å²) < 4.78 is 1.89. The van der Waals surface area contributed by atoms with Gasteiger partial charge < -0.3 is 4.40 Å². The fraction of sp³-hybridized carbons (Fsp3) is 0.273. The first kappa shape index (κ1) is 7.57. The van der Waals surface area contributed by atoms with Gasteiger partial charge in [-0.25, -0.2) is 4.98 Å². The molecule has 2 heterocycles. The summed E-state index contributed by atoms with van der Waals surface area (Å²) in [5.74, 6) is 0.603. The van der Waals surface area contributed by atoms with Crippen molar-refractivity contribution in [1.82, 2.24) is 9.38 Å². The van der Waals surface area contributed by atoms with E-state index in [9.17, 15) is 0 Å². The second-order valence-electron chi connectivity index (χ2n) is 3.69. The number of hydrogen-bond acceptors (Lipinski definition) is 2. The van der Waals surface area contributed by atoms with Gasteiger partial charge in [0.2, 0.25) is 0 Å². The lowest BCUT2D eigenvalue weighted by molar-refractivity contribution is 1.07. The van der Waals surface area contributed by atoms with E-state index in [1.165, 1.54) is 18.4 Å². The summed E-state index contributed by atoms with van der Waals surface area (Å²) in [6.07, 6.45) is 8.01. The largest absolute Gasteiger partial charge is 0.306 e. The Hall–Kier alpha value is -1.82. The summed E-state index contributed by atoms with van der Waals surface area (Å²) in [5.41, 5.74) is 2.71. The van der Waals surface area contributed by atoms with E-state index in [0.717, 1.165) is 11.2 Å². The number of pyridine rings is 1. The highest BCUT2D eigenvalue weighted by Gasteiger charge is 2.27. The molecule has 3 nitrogen and oxygen atoms in total. The average molecular weight is 183 g/mol. The summed E-state index contributed by atoms with van der Waals surface area (Å²) in [4.78, 5) is 4.20. The molecule has 0 radical (unpaired) electrons. The van der Waals surface area contributed by atoms with Crippen LogP contribution in [0.15, 0.2) is 24.7 Å². The molecule has 68 valence electrons. The molecule has 0 aromatic carbocycles. The van der Waals surface area contributed by atoms with Crippen molar-refractivity contribution in [3.63, 3.8) is 0 Å². The molecule has 3 rings (SSSR count). The molecule has 2 aromatic heterocycles. The van der Waals surface area contributed by atoms with Crippen LogP contribution in [-0.4, -0.2) is 9.38 Å². The van der Waals surface area contributed by atoms with E-state index in [2.05, 4.69) is 11.1 Å². The minimum atomic E-state index is 0.603. The quantitative estimate of drug-likeness (QED) is 0.679. The molecule has 3 heteroatoms. The zero-order chi connectivity index (χ0) is 9.54. The molecular formula is C11H9N3. The predicted octanol–water partition coefficient (Wildman–Crippen LogP) is 2.08. The SMILES string of the molecule is N#Cc1c(C2CC2)ccn2ccnc12. The molecule has 2 aromatic rings. The second kappa shape index (κ2) is 2.58. The van der Waals surface area contributed by atoms with Gasteiger partial charge in [-0.15, -0.1) is 0 Å². The molecule has 0 saturated heterocycles. The summed E-state index contributed by atoms with van der Waals surface area (Å²) >= 11 is 0. The highest BCUT2D eigenvalue weighted by atomic mass is 15.0. The number of aromatic nitrogens is 2. The van der Waals surface area contributed by atoms with Crippen LogP contribution in [0.4, 0.5) is 0 Å². The summed E-state index contributed by atoms with van der Waals surface area (Å²) in [6, 6.07) is 4.31. The van der Waals surface area contributed by atoms with E-state index in [1.54, 1.807) is 6.20 Å². The van der Waals surface area contributed by atoms with Crippen LogP contribution in [0.2, 0.25) is 0 Å². The third-order valence-electron chi connectivity index (χ3n) is 2.72. The van der Waals surface area contributed by atoms with Crippen molar-refractivity contribution in [3.8, 4) is 6.07 Å². The molecule has 1 aliphatic rings. The number of nitriles is 1. The van der Waals surface area contributed by atoms with Gasteiger partial charge >= 0.3 is 0 Å². The first-order valence-corrected chi connectivity index (χ1v) is 4.76. The van der Waals surface area contributed by atoms with Crippen molar-refractivity contribution in [2.75, 3.05) is 0 Å². The van der Waals surface area contributed by atoms with Crippen LogP contribution in [0.5, 0.6) is 0 Å². The van der Waals surface area contributed by atoms with Gasteiger partial charge in [-0.1, -0.05) is 0 Å². The third kappa shape index (κ3) is 0.942. The molecule has 0 N–H and O–H groups in total. The molecule has 1 saturated carbocycles. The third-order valence-corrected chi connectivity index (χ3v) is 2.72. The highest BCUT2D eigenvalue weighted by molar-refractivity contribution is 5.60. The average Bonchev–Trinajstić information content (AvgIpc) is 2.94. The van der Waals surface area contributed by atoms with Crippen LogP contribution in [-0.2, 0) is 0 Å². The van der Waals surface area contributed by atoms with Crippen molar-refractivity contribution in [2.45, 2.75) is 18.8 Å². The number of fused-ring (bicyclic) bond motifs is 1. The number of rotatable bonds is 1. The Bertz CT molecular complexity index is 529. The lowest BCUT2D eigenvalue weighted by atomic mass is 10.1. The fourth-order valence-corrected chi connectivity index (χ4v) is 1.85. The van der Waals surface area contributed by atoms with Crippen LogP contribution in [0.3, 0.4) is 0 Å². The van der Waals surface area contributed by atoms with E-state index in [-0.39, 0.29) is 0 Å². The fourth-order valence-electron chi connectivity index (χ4n) is 1.85. The van der Waals surface area contributed by atoms with E-state index in [4.69, 9.17) is 5.26 Å². The van der Waals surface area contributed by atoms with Crippen LogP contribution in [0, 0.1) is 11.3 Å². The second-order valence-corrected chi connectivity index (χ2v) is 3.69. The van der Waals surface area contributed by atoms with Crippen LogP contribution < -0.4 is 0 Å². The lowest BCUT2D eigenvalue weighted by Crippen LogP contribution is -1.93. The maximum Gasteiger partial charge on any atom is 0.154 e. The van der Waals surface area contributed by atoms with Gasteiger partial charge in [0, 0.05) is 18.6 Å². The monoisotopic (exact) mass is 183 g/mol. The van der Waals surface area contributed by atoms with Gasteiger partial charge in [0.25, 0.3) is 0 Å². The Labute approximate surface area is 81.6 Å². The molecule has 14 heavy (non-hydrogen) atoms. The van der Waals surface area contributed by atoms with Crippen LogP contribution in [0.1, 0.15) is 29.9 Å². The zero-order valence-corrected chi connectivity index (χ0v) is 7.64. The highest BCUT2D eigenvalue weighted by Crippen LogP contribution is 2.41. The summed E-state index contributed by atoms with van der Waals surface area (Å²) in [6.45, 7) is 0. The Morgan fingerprint density at radius 3 is 3.00 bits per heavy atom. The summed E-state index contributed by atoms with van der Waals surface area (Å²) in [5, 5.41) is 9.11. The Morgan fingerprint density at radius 2 is 2.29 bits per heavy atom. The molecule has 0 bridgehead atoms. The van der Waals surface area contributed by atoms with Crippen molar-refractivity contribution in [3.05, 3.63) is 35.8 Å². The normalized spacial score (nSPS) is 15.6. The molecular weight excluding hydrogens is 174 g/mol. The topological polar surface area (TPSA) is 41.1 Å². The maximum atomic E-state index is 9.11. The molecule has 0 atom stereocenters. The summed E-state index contributed by atoms with van der Waals surface area (Å²) in [7, 11) is 0. The molecule has 0 amide bonds.